The average Bonchev–Trinajstić information content (AvgIpc) is 3.02. The van der Waals surface area contributed by atoms with Crippen LogP contribution in [0, 0.1) is 18.4 Å². The van der Waals surface area contributed by atoms with Gasteiger partial charge in [0.15, 0.2) is 0 Å². The van der Waals surface area contributed by atoms with Crippen molar-refractivity contribution in [3.8, 4) is 6.57 Å². The van der Waals surface area contributed by atoms with E-state index in [1.807, 2.05) is 0 Å². The third kappa shape index (κ3) is 2.40. The Morgan fingerprint density at radius 2 is 2.39 bits per heavy atom. The quantitative estimate of drug-likeness (QED) is 0.780. The molecule has 0 aromatic heterocycles. The van der Waals surface area contributed by atoms with E-state index in [4.69, 9.17) is 6.57 Å². The highest BCUT2D eigenvalue weighted by molar-refractivity contribution is 5.79. The summed E-state index contributed by atoms with van der Waals surface area (Å²) in [5.74, 6) is 0.999. The molecule has 5 atom stereocenters. The zero-order chi connectivity index (χ0) is 16.2. The molecule has 4 unspecified atom stereocenters. The van der Waals surface area contributed by atoms with Gasteiger partial charge in [-0.25, -0.2) is 0 Å². The Kier molecular flexibility index (Phi) is 3.33. The molecule has 124 valence electrons. The monoisotopic (exact) mass is 316 g/mol. The molecule has 1 saturated heterocycles. The second-order valence-electron chi connectivity index (χ2n) is 8.19. The van der Waals surface area contributed by atoms with E-state index in [0.717, 1.165) is 45.1 Å². The van der Waals surface area contributed by atoms with Crippen LogP contribution in [-0.4, -0.2) is 46.3 Å². The van der Waals surface area contributed by atoms with Crippen LogP contribution in [0.25, 0.3) is 4.85 Å². The van der Waals surface area contributed by atoms with Gasteiger partial charge in [-0.1, -0.05) is 16.5 Å². The van der Waals surface area contributed by atoms with Gasteiger partial charge in [0.05, 0.1) is 18.6 Å². The highest BCUT2D eigenvalue weighted by Crippen LogP contribution is 2.59. The summed E-state index contributed by atoms with van der Waals surface area (Å²) < 4.78 is 0. The van der Waals surface area contributed by atoms with Crippen LogP contribution in [0.15, 0.2) is 11.6 Å². The molecule has 5 nitrogen and oxygen atoms in total. The number of nitrogens with one attached hydrogen (secondary N) is 1. The first-order valence-corrected chi connectivity index (χ1v) is 8.81. The molecule has 0 radical (unpaired) electrons. The van der Waals surface area contributed by atoms with Crippen molar-refractivity contribution in [2.45, 2.75) is 62.8 Å². The van der Waals surface area contributed by atoms with E-state index in [1.54, 1.807) is 4.90 Å². The largest absolute Gasteiger partial charge is 0.389 e. The molecule has 1 amide bonds. The Labute approximate surface area is 137 Å². The van der Waals surface area contributed by atoms with Crippen LogP contribution >= 0.6 is 0 Å². The minimum atomic E-state index is -0.418. The Hall–Kier alpha value is -1.38. The number of hydrogen-bond donors (Lipinski definition) is 2. The molecule has 3 fully saturated rings. The molecule has 1 aliphatic heterocycles. The van der Waals surface area contributed by atoms with E-state index in [-0.39, 0.29) is 17.6 Å². The van der Waals surface area contributed by atoms with Crippen LogP contribution in [0.5, 0.6) is 0 Å². The number of fused-ring (bicyclic) bond motifs is 1. The summed E-state index contributed by atoms with van der Waals surface area (Å²) in [4.78, 5) is 18.1. The van der Waals surface area contributed by atoms with Gasteiger partial charge in [0.25, 0.3) is 6.57 Å². The lowest BCUT2D eigenvalue weighted by Crippen LogP contribution is -2.51. The molecule has 4 rings (SSSR count). The number of nitrogens with zero attached hydrogens (tertiary/aromatic N) is 2. The van der Waals surface area contributed by atoms with Crippen molar-refractivity contribution in [1.82, 2.24) is 10.2 Å². The van der Waals surface area contributed by atoms with Gasteiger partial charge in [0.2, 0.25) is 5.91 Å². The average molecular weight is 316 g/mol. The number of carbonyl (C=O) groups excluding carboxylic acids is 1. The fourth-order valence-electron chi connectivity index (χ4n) is 5.39. The van der Waals surface area contributed by atoms with Gasteiger partial charge in [-0.05, 0) is 44.9 Å². The maximum absolute atomic E-state index is 12.5. The molecule has 2 N–H and O–H groups in total. The van der Waals surface area contributed by atoms with Crippen LogP contribution in [0.3, 0.4) is 0 Å². The number of aliphatic hydroxyl groups is 1. The molecule has 5 heteroatoms. The van der Waals surface area contributed by atoms with Crippen molar-refractivity contribution in [3.63, 3.8) is 0 Å². The molecular weight excluding hydrogens is 290 g/mol. The fourth-order valence-corrected chi connectivity index (χ4v) is 5.39. The van der Waals surface area contributed by atoms with E-state index >= 15 is 0 Å². The Bertz CT molecular complexity index is 610. The third-order valence-corrected chi connectivity index (χ3v) is 6.39. The second-order valence-corrected chi connectivity index (χ2v) is 8.19. The first-order chi connectivity index (χ1) is 10.9. The van der Waals surface area contributed by atoms with Crippen LogP contribution in [0.4, 0.5) is 0 Å². The second kappa shape index (κ2) is 5.06. The van der Waals surface area contributed by atoms with Crippen LogP contribution < -0.4 is 5.32 Å². The highest BCUT2D eigenvalue weighted by atomic mass is 16.3. The molecule has 3 aliphatic carbocycles. The molecule has 1 heterocycles. The number of amides is 1. The van der Waals surface area contributed by atoms with E-state index < -0.39 is 5.60 Å². The molecule has 0 spiro atoms. The van der Waals surface area contributed by atoms with Crippen LogP contribution in [0.1, 0.15) is 45.4 Å². The summed E-state index contributed by atoms with van der Waals surface area (Å²) in [7, 11) is 0. The maximum Gasteiger partial charge on any atom is 0.349 e. The van der Waals surface area contributed by atoms with Crippen molar-refractivity contribution < 1.29 is 9.90 Å². The van der Waals surface area contributed by atoms with Crippen molar-refractivity contribution in [2.75, 3.05) is 13.1 Å². The Morgan fingerprint density at radius 3 is 3.17 bits per heavy atom. The molecular formula is C18H26N3O2+. The molecule has 0 aromatic carbocycles. The molecule has 2 bridgehead atoms. The number of carbonyl (C=O) groups is 1. The lowest BCUT2D eigenvalue weighted by molar-refractivity contribution is -0.130. The molecule has 23 heavy (non-hydrogen) atoms. The standard InChI is InChI=1S/C18H26N3O2/c1-17(20-11-16(22)21-5-3-4-15(21)19-2)7-12-6-14-13(9-17)10-18(14,23)8-12/h2,9,12,14-15,20,23H,3-8,10-11H2,1H3/q+1/t12?,14?,15-,17?,18?/m0/s1. The lowest BCUT2D eigenvalue weighted by atomic mass is 9.65. The van der Waals surface area contributed by atoms with Gasteiger partial charge in [-0.3, -0.25) is 15.0 Å². The summed E-state index contributed by atoms with van der Waals surface area (Å²) in [6, 6.07) is 0. The number of rotatable bonds is 3. The highest BCUT2D eigenvalue weighted by Gasteiger charge is 2.58. The summed E-state index contributed by atoms with van der Waals surface area (Å²) >= 11 is 0. The van der Waals surface area contributed by atoms with Crippen LogP contribution in [0.2, 0.25) is 0 Å². The number of likely N-dealkylation sites (tertiary alicyclic amines) is 1. The zero-order valence-corrected chi connectivity index (χ0v) is 13.8. The van der Waals surface area contributed by atoms with Crippen molar-refractivity contribution in [2.24, 2.45) is 11.8 Å². The first-order valence-electron chi connectivity index (χ1n) is 8.81. The van der Waals surface area contributed by atoms with Gasteiger partial charge in [0.1, 0.15) is 0 Å². The third-order valence-electron chi connectivity index (χ3n) is 6.39. The summed E-state index contributed by atoms with van der Waals surface area (Å²) in [5, 5.41) is 14.0. The lowest BCUT2D eigenvalue weighted by Gasteiger charge is -2.45. The minimum Gasteiger partial charge on any atom is -0.389 e. The number of hydrogen-bond acceptors (Lipinski definition) is 3. The summed E-state index contributed by atoms with van der Waals surface area (Å²) in [6.07, 6.45) is 7.81. The minimum absolute atomic E-state index is 0.0841. The first kappa shape index (κ1) is 15.2. The van der Waals surface area contributed by atoms with Gasteiger partial charge in [0, 0.05) is 18.0 Å². The van der Waals surface area contributed by atoms with Crippen molar-refractivity contribution >= 4 is 5.91 Å². The van der Waals surface area contributed by atoms with Gasteiger partial charge in [-0.2, -0.15) is 0 Å². The van der Waals surface area contributed by atoms with Gasteiger partial charge < -0.3 is 5.11 Å². The topological polar surface area (TPSA) is 56.9 Å². The molecule has 2 saturated carbocycles. The van der Waals surface area contributed by atoms with Crippen molar-refractivity contribution in [1.29, 1.82) is 0 Å². The van der Waals surface area contributed by atoms with E-state index in [9.17, 15) is 9.90 Å². The zero-order valence-electron chi connectivity index (χ0n) is 13.8. The van der Waals surface area contributed by atoms with E-state index in [0.29, 0.717) is 18.4 Å². The van der Waals surface area contributed by atoms with Crippen molar-refractivity contribution in [3.05, 3.63) is 16.5 Å². The maximum atomic E-state index is 12.5. The van der Waals surface area contributed by atoms with Gasteiger partial charge in [-0.15, -0.1) is 0 Å². The predicted octanol–water partition coefficient (Wildman–Crippen LogP) is 1.74. The SMILES string of the molecule is C#[N+][C@@H]1CCCN1C(=O)CNC1(C)C=C2CC3(O)CC(CC23)C1. The van der Waals surface area contributed by atoms with Gasteiger partial charge >= 0.3 is 6.17 Å². The Morgan fingerprint density at radius 1 is 1.57 bits per heavy atom. The van der Waals surface area contributed by atoms with E-state index in [1.165, 1.54) is 5.57 Å². The Balaban J connectivity index is 1.42. The summed E-state index contributed by atoms with van der Waals surface area (Å²) in [6.45, 7) is 8.66. The summed E-state index contributed by atoms with van der Waals surface area (Å²) in [5.41, 5.74) is 0.811. The van der Waals surface area contributed by atoms with E-state index in [2.05, 4.69) is 23.2 Å². The predicted molar refractivity (Wildman–Crippen MR) is 87.9 cm³/mol. The molecule has 0 aromatic rings. The van der Waals surface area contributed by atoms with Crippen LogP contribution in [-0.2, 0) is 4.79 Å². The molecule has 4 aliphatic rings. The fraction of sp³-hybridized carbons (Fsp3) is 0.778. The normalized spacial score (nSPS) is 44.3. The smallest absolute Gasteiger partial charge is 0.349 e.